The second kappa shape index (κ2) is 5.28. The van der Waals surface area contributed by atoms with Gasteiger partial charge in [0.1, 0.15) is 11.3 Å². The van der Waals surface area contributed by atoms with Crippen molar-refractivity contribution in [3.8, 4) is 5.75 Å². The number of aryl methyl sites for hydroxylation is 1. The normalized spacial score (nSPS) is 18.7. The number of rotatable bonds is 7. The van der Waals surface area contributed by atoms with E-state index in [0.717, 1.165) is 18.7 Å². The van der Waals surface area contributed by atoms with Crippen LogP contribution in [0.15, 0.2) is 6.20 Å². The minimum atomic E-state index is -0.959. The summed E-state index contributed by atoms with van der Waals surface area (Å²) in [7, 11) is 1.61. The topological polar surface area (TPSA) is 59.3 Å². The van der Waals surface area contributed by atoms with Crippen molar-refractivity contribution in [3.63, 3.8) is 0 Å². The molecule has 18 heavy (non-hydrogen) atoms. The van der Waals surface area contributed by atoms with Crippen LogP contribution in [0.1, 0.15) is 38.8 Å². The maximum absolute atomic E-state index is 10.7. The predicted molar refractivity (Wildman–Crippen MR) is 69.7 cm³/mol. The van der Waals surface area contributed by atoms with Crippen LogP contribution in [0, 0.1) is 0 Å². The van der Waals surface area contributed by atoms with E-state index in [9.17, 15) is 5.11 Å². The van der Waals surface area contributed by atoms with E-state index in [2.05, 4.69) is 17.3 Å². The van der Waals surface area contributed by atoms with Gasteiger partial charge in [0.05, 0.1) is 13.3 Å². The molecule has 0 spiro atoms. The Morgan fingerprint density at radius 1 is 1.61 bits per heavy atom. The van der Waals surface area contributed by atoms with E-state index in [0.29, 0.717) is 18.3 Å². The number of methoxy groups -OCH3 is 1. The molecule has 1 unspecified atom stereocenters. The van der Waals surface area contributed by atoms with Gasteiger partial charge in [0, 0.05) is 19.1 Å². The van der Waals surface area contributed by atoms with Gasteiger partial charge in [0.15, 0.2) is 5.75 Å². The monoisotopic (exact) mass is 253 g/mol. The summed E-state index contributed by atoms with van der Waals surface area (Å²) in [5.74, 6) is 0.658. The molecule has 0 bridgehead atoms. The molecule has 0 saturated heterocycles. The lowest BCUT2D eigenvalue weighted by Gasteiger charge is -2.26. The summed E-state index contributed by atoms with van der Waals surface area (Å²) in [5, 5.41) is 18.3. The zero-order valence-corrected chi connectivity index (χ0v) is 11.4. The molecular formula is C13H23N3O2. The Kier molecular flexibility index (Phi) is 3.92. The van der Waals surface area contributed by atoms with Gasteiger partial charge in [-0.2, -0.15) is 5.10 Å². The molecule has 1 aromatic rings. The van der Waals surface area contributed by atoms with Crippen molar-refractivity contribution < 1.29 is 9.84 Å². The van der Waals surface area contributed by atoms with Crippen LogP contribution in [0.25, 0.3) is 0 Å². The van der Waals surface area contributed by atoms with Crippen LogP contribution in [-0.2, 0) is 12.1 Å². The molecule has 0 amide bonds. The second-order valence-electron chi connectivity index (χ2n) is 5.21. The molecule has 1 atom stereocenters. The predicted octanol–water partition coefficient (Wildman–Crippen LogP) is 1.26. The third kappa shape index (κ3) is 2.84. The lowest BCUT2D eigenvalue weighted by Crippen LogP contribution is -2.38. The van der Waals surface area contributed by atoms with Crippen molar-refractivity contribution in [1.29, 1.82) is 0 Å². The molecule has 1 fully saturated rings. The highest BCUT2D eigenvalue weighted by Crippen LogP contribution is 2.30. The standard InChI is InChI=1S/C13H23N3O2/c1-4-7-16-12(11(18-3)8-15-16)13(2,17)9-14-10-5-6-10/h8,10,14,17H,4-7,9H2,1-3H3. The largest absolute Gasteiger partial charge is 0.493 e. The minimum absolute atomic E-state index is 0.531. The Balaban J connectivity index is 2.18. The summed E-state index contributed by atoms with van der Waals surface area (Å²) in [6.07, 6.45) is 5.07. The highest BCUT2D eigenvalue weighted by Gasteiger charge is 2.33. The highest BCUT2D eigenvalue weighted by atomic mass is 16.5. The van der Waals surface area contributed by atoms with Crippen LogP contribution < -0.4 is 10.1 Å². The summed E-state index contributed by atoms with van der Waals surface area (Å²) in [5.41, 5.74) is -0.195. The number of aliphatic hydroxyl groups is 1. The number of nitrogens with one attached hydrogen (secondary N) is 1. The van der Waals surface area contributed by atoms with Crippen LogP contribution in [-0.4, -0.2) is 34.6 Å². The van der Waals surface area contributed by atoms with Crippen molar-refractivity contribution >= 4 is 0 Å². The van der Waals surface area contributed by atoms with Crippen molar-refractivity contribution in [2.24, 2.45) is 0 Å². The fourth-order valence-electron chi connectivity index (χ4n) is 2.16. The van der Waals surface area contributed by atoms with Crippen LogP contribution in [0.5, 0.6) is 5.75 Å². The van der Waals surface area contributed by atoms with Crippen molar-refractivity contribution in [2.75, 3.05) is 13.7 Å². The van der Waals surface area contributed by atoms with Crippen LogP contribution in [0.2, 0.25) is 0 Å². The summed E-state index contributed by atoms with van der Waals surface area (Å²) < 4.78 is 7.15. The fourth-order valence-corrected chi connectivity index (χ4v) is 2.16. The van der Waals surface area contributed by atoms with Gasteiger partial charge in [-0.3, -0.25) is 4.68 Å². The first-order valence-corrected chi connectivity index (χ1v) is 6.64. The van der Waals surface area contributed by atoms with Gasteiger partial charge in [0.25, 0.3) is 0 Å². The SMILES string of the molecule is CCCn1ncc(OC)c1C(C)(O)CNC1CC1. The molecule has 1 aromatic heterocycles. The lowest BCUT2D eigenvalue weighted by atomic mass is 10.0. The van der Waals surface area contributed by atoms with Crippen molar-refractivity contribution in [3.05, 3.63) is 11.9 Å². The summed E-state index contributed by atoms with van der Waals surface area (Å²) in [4.78, 5) is 0. The summed E-state index contributed by atoms with van der Waals surface area (Å²) in [6.45, 7) is 5.23. The van der Waals surface area contributed by atoms with Gasteiger partial charge in [-0.15, -0.1) is 0 Å². The molecule has 0 radical (unpaired) electrons. The molecule has 1 aliphatic carbocycles. The van der Waals surface area contributed by atoms with E-state index in [1.807, 2.05) is 11.6 Å². The summed E-state index contributed by atoms with van der Waals surface area (Å²) >= 11 is 0. The summed E-state index contributed by atoms with van der Waals surface area (Å²) in [6, 6.07) is 0.574. The third-order valence-electron chi connectivity index (χ3n) is 3.28. The average molecular weight is 253 g/mol. The molecule has 1 saturated carbocycles. The van der Waals surface area contributed by atoms with E-state index in [1.165, 1.54) is 12.8 Å². The smallest absolute Gasteiger partial charge is 0.162 e. The Morgan fingerprint density at radius 2 is 2.33 bits per heavy atom. The molecule has 5 nitrogen and oxygen atoms in total. The minimum Gasteiger partial charge on any atom is -0.493 e. The quantitative estimate of drug-likeness (QED) is 0.768. The van der Waals surface area contributed by atoms with Crippen LogP contribution in [0.4, 0.5) is 0 Å². The number of aromatic nitrogens is 2. The average Bonchev–Trinajstić information content (AvgIpc) is 3.07. The molecule has 102 valence electrons. The highest BCUT2D eigenvalue weighted by molar-refractivity contribution is 5.30. The number of hydrogen-bond donors (Lipinski definition) is 2. The number of hydrogen-bond acceptors (Lipinski definition) is 4. The second-order valence-corrected chi connectivity index (χ2v) is 5.21. The van der Waals surface area contributed by atoms with Gasteiger partial charge in [-0.25, -0.2) is 0 Å². The van der Waals surface area contributed by atoms with Crippen LogP contribution >= 0.6 is 0 Å². The maximum Gasteiger partial charge on any atom is 0.162 e. The van der Waals surface area contributed by atoms with Crippen molar-refractivity contribution in [1.82, 2.24) is 15.1 Å². The molecular weight excluding hydrogens is 230 g/mol. The zero-order chi connectivity index (χ0) is 13.2. The molecule has 1 heterocycles. The molecule has 5 heteroatoms. The van der Waals surface area contributed by atoms with E-state index >= 15 is 0 Å². The van der Waals surface area contributed by atoms with Gasteiger partial charge < -0.3 is 15.2 Å². The molecule has 0 aliphatic heterocycles. The fraction of sp³-hybridized carbons (Fsp3) is 0.769. The number of ether oxygens (including phenoxy) is 1. The molecule has 0 aromatic carbocycles. The Morgan fingerprint density at radius 3 is 2.89 bits per heavy atom. The van der Waals surface area contributed by atoms with Gasteiger partial charge >= 0.3 is 0 Å². The maximum atomic E-state index is 10.7. The lowest BCUT2D eigenvalue weighted by molar-refractivity contribution is 0.0444. The third-order valence-corrected chi connectivity index (χ3v) is 3.28. The van der Waals surface area contributed by atoms with Crippen molar-refractivity contribution in [2.45, 2.75) is 51.3 Å². The van der Waals surface area contributed by atoms with E-state index in [-0.39, 0.29) is 0 Å². The molecule has 2 N–H and O–H groups in total. The van der Waals surface area contributed by atoms with E-state index in [4.69, 9.17) is 4.74 Å². The van der Waals surface area contributed by atoms with Gasteiger partial charge in [0.2, 0.25) is 0 Å². The Bertz CT molecular complexity index is 397. The van der Waals surface area contributed by atoms with E-state index < -0.39 is 5.60 Å². The van der Waals surface area contributed by atoms with Gasteiger partial charge in [-0.1, -0.05) is 6.92 Å². The first kappa shape index (κ1) is 13.4. The first-order valence-electron chi connectivity index (χ1n) is 6.64. The Labute approximate surface area is 108 Å². The first-order chi connectivity index (χ1) is 8.58. The zero-order valence-electron chi connectivity index (χ0n) is 11.4. The van der Waals surface area contributed by atoms with Gasteiger partial charge in [-0.05, 0) is 26.2 Å². The van der Waals surface area contributed by atoms with E-state index in [1.54, 1.807) is 13.3 Å². The molecule has 2 rings (SSSR count). The number of nitrogens with zero attached hydrogens (tertiary/aromatic N) is 2. The Hall–Kier alpha value is -1.07. The molecule has 1 aliphatic rings. The van der Waals surface area contributed by atoms with Crippen LogP contribution in [0.3, 0.4) is 0 Å².